The van der Waals surface area contributed by atoms with Gasteiger partial charge < -0.3 is 4.57 Å². The molecular formula is C24H18Br2N4. The number of nitrogens with zero attached hydrogens (tertiary/aromatic N) is 4. The molecule has 5 rings (SSSR count). The lowest BCUT2D eigenvalue weighted by Crippen LogP contribution is -2.27. The predicted octanol–water partition coefficient (Wildman–Crippen LogP) is 6.62. The number of anilines is 1. The van der Waals surface area contributed by atoms with E-state index in [1.807, 2.05) is 36.9 Å². The summed E-state index contributed by atoms with van der Waals surface area (Å²) in [5.74, 6) is 0. The zero-order valence-corrected chi connectivity index (χ0v) is 19.1. The van der Waals surface area contributed by atoms with Crippen LogP contribution in [0.25, 0.3) is 0 Å². The Morgan fingerprint density at radius 1 is 0.733 bits per heavy atom. The molecule has 3 aromatic carbocycles. The van der Waals surface area contributed by atoms with E-state index in [4.69, 9.17) is 5.10 Å². The maximum Gasteiger partial charge on any atom is 0.106 e. The number of para-hydroxylation sites is 1. The minimum absolute atomic E-state index is 0.00616. The van der Waals surface area contributed by atoms with Gasteiger partial charge in [-0.3, -0.25) is 5.01 Å². The van der Waals surface area contributed by atoms with E-state index >= 15 is 0 Å². The summed E-state index contributed by atoms with van der Waals surface area (Å²) in [6.45, 7) is 0. The second-order valence-corrected chi connectivity index (χ2v) is 8.95. The second kappa shape index (κ2) is 8.20. The minimum atomic E-state index is -0.0185. The molecule has 0 amide bonds. The zero-order chi connectivity index (χ0) is 20.5. The van der Waals surface area contributed by atoms with Gasteiger partial charge >= 0.3 is 0 Å². The van der Waals surface area contributed by atoms with Crippen molar-refractivity contribution in [3.63, 3.8) is 0 Å². The average Bonchev–Trinajstić information content (AvgIpc) is 3.43. The van der Waals surface area contributed by atoms with Crippen molar-refractivity contribution in [1.82, 2.24) is 9.55 Å². The third-order valence-electron chi connectivity index (χ3n) is 5.28. The van der Waals surface area contributed by atoms with Gasteiger partial charge in [-0.25, -0.2) is 4.98 Å². The quantitative estimate of drug-likeness (QED) is 0.302. The van der Waals surface area contributed by atoms with Gasteiger partial charge in [-0.2, -0.15) is 5.10 Å². The molecule has 0 aliphatic carbocycles. The number of hydrazone groups is 1. The topological polar surface area (TPSA) is 33.4 Å². The lowest BCUT2D eigenvalue weighted by molar-refractivity contribution is 0.527. The van der Waals surface area contributed by atoms with Crippen LogP contribution in [0.15, 0.2) is 112 Å². The number of rotatable bonds is 4. The fourth-order valence-electron chi connectivity index (χ4n) is 3.89. The molecule has 30 heavy (non-hydrogen) atoms. The molecule has 1 aromatic heterocycles. The van der Waals surface area contributed by atoms with Crippen LogP contribution in [0.5, 0.6) is 0 Å². The SMILES string of the molecule is Brc1ccc(C2=NN(c3ccccc3)C(c3ccc(Br)cc3)C2n2ccnc2)cc1. The Hall–Kier alpha value is -2.70. The molecule has 0 saturated heterocycles. The monoisotopic (exact) mass is 520 g/mol. The van der Waals surface area contributed by atoms with Gasteiger partial charge in [0, 0.05) is 26.9 Å². The number of halogens is 2. The van der Waals surface area contributed by atoms with Crippen molar-refractivity contribution in [2.24, 2.45) is 5.10 Å². The molecule has 2 atom stereocenters. The van der Waals surface area contributed by atoms with Crippen LogP contribution in [0.4, 0.5) is 5.69 Å². The number of hydrogen-bond acceptors (Lipinski definition) is 3. The van der Waals surface area contributed by atoms with Crippen LogP contribution >= 0.6 is 31.9 Å². The number of benzene rings is 3. The summed E-state index contributed by atoms with van der Waals surface area (Å²) >= 11 is 7.10. The summed E-state index contributed by atoms with van der Waals surface area (Å²) in [6.07, 6.45) is 5.71. The van der Waals surface area contributed by atoms with E-state index < -0.39 is 0 Å². The summed E-state index contributed by atoms with van der Waals surface area (Å²) in [7, 11) is 0. The summed E-state index contributed by atoms with van der Waals surface area (Å²) < 4.78 is 4.26. The number of aromatic nitrogens is 2. The number of imidazole rings is 1. The molecule has 0 N–H and O–H groups in total. The highest BCUT2D eigenvalue weighted by atomic mass is 79.9. The van der Waals surface area contributed by atoms with Gasteiger partial charge in [0.25, 0.3) is 0 Å². The first kappa shape index (κ1) is 19.3. The molecule has 0 saturated carbocycles. The highest BCUT2D eigenvalue weighted by molar-refractivity contribution is 9.10. The highest BCUT2D eigenvalue weighted by Gasteiger charge is 2.40. The van der Waals surface area contributed by atoms with E-state index in [1.165, 1.54) is 5.56 Å². The van der Waals surface area contributed by atoms with E-state index in [9.17, 15) is 0 Å². The maximum atomic E-state index is 5.15. The molecule has 2 heterocycles. The van der Waals surface area contributed by atoms with E-state index in [2.05, 4.69) is 107 Å². The van der Waals surface area contributed by atoms with Crippen molar-refractivity contribution in [2.75, 3.05) is 5.01 Å². The molecule has 2 unspecified atom stereocenters. The van der Waals surface area contributed by atoms with E-state index in [0.717, 1.165) is 25.9 Å². The smallest absolute Gasteiger partial charge is 0.106 e. The fourth-order valence-corrected chi connectivity index (χ4v) is 4.42. The van der Waals surface area contributed by atoms with Gasteiger partial charge in [0.2, 0.25) is 0 Å². The molecule has 148 valence electrons. The van der Waals surface area contributed by atoms with Crippen molar-refractivity contribution in [2.45, 2.75) is 12.1 Å². The van der Waals surface area contributed by atoms with Gasteiger partial charge in [-0.05, 0) is 42.0 Å². The number of hydrogen-bond donors (Lipinski definition) is 0. The lowest BCUT2D eigenvalue weighted by Gasteiger charge is -2.29. The average molecular weight is 522 g/mol. The van der Waals surface area contributed by atoms with E-state index in [1.54, 1.807) is 0 Å². The summed E-state index contributed by atoms with van der Waals surface area (Å²) in [5.41, 5.74) is 4.36. The van der Waals surface area contributed by atoms with Gasteiger partial charge in [0.05, 0.1) is 17.7 Å². The Morgan fingerprint density at radius 3 is 2.03 bits per heavy atom. The fraction of sp³-hybridized carbons (Fsp3) is 0.0833. The summed E-state index contributed by atoms with van der Waals surface area (Å²) in [4.78, 5) is 4.32. The van der Waals surface area contributed by atoms with Crippen molar-refractivity contribution in [1.29, 1.82) is 0 Å². The molecule has 6 heteroatoms. The van der Waals surface area contributed by atoms with Gasteiger partial charge in [0.1, 0.15) is 12.1 Å². The normalized spacial score (nSPS) is 18.5. The molecule has 4 nitrogen and oxygen atoms in total. The molecule has 0 fully saturated rings. The van der Waals surface area contributed by atoms with Crippen LogP contribution in [0.2, 0.25) is 0 Å². The Labute approximate surface area is 192 Å². The Balaban J connectivity index is 1.70. The largest absolute Gasteiger partial charge is 0.326 e. The van der Waals surface area contributed by atoms with Crippen molar-refractivity contribution in [3.8, 4) is 0 Å². The molecule has 1 aliphatic rings. The Morgan fingerprint density at radius 2 is 1.40 bits per heavy atom. The standard InChI is InChI=1S/C24H18Br2N4/c25-19-10-6-17(7-11-19)22-24(29-15-14-27-16-29)23(18-8-12-20(26)13-9-18)30(28-22)21-4-2-1-3-5-21/h1-16,23-24H. The van der Waals surface area contributed by atoms with Gasteiger partial charge in [0.15, 0.2) is 0 Å². The first-order valence-corrected chi connectivity index (χ1v) is 11.2. The molecule has 0 radical (unpaired) electrons. The molecular weight excluding hydrogens is 504 g/mol. The predicted molar refractivity (Wildman–Crippen MR) is 128 cm³/mol. The lowest BCUT2D eigenvalue weighted by atomic mass is 9.92. The van der Waals surface area contributed by atoms with Crippen molar-refractivity contribution < 1.29 is 0 Å². The van der Waals surface area contributed by atoms with Crippen LogP contribution in [0, 0.1) is 0 Å². The minimum Gasteiger partial charge on any atom is -0.326 e. The van der Waals surface area contributed by atoms with Gasteiger partial charge in [-0.15, -0.1) is 0 Å². The first-order chi connectivity index (χ1) is 14.7. The third-order valence-corrected chi connectivity index (χ3v) is 6.33. The van der Waals surface area contributed by atoms with Crippen LogP contribution < -0.4 is 5.01 Å². The molecule has 0 spiro atoms. The molecule has 1 aliphatic heterocycles. The molecule has 4 aromatic rings. The second-order valence-electron chi connectivity index (χ2n) is 7.12. The zero-order valence-electron chi connectivity index (χ0n) is 15.9. The Bertz CT molecular complexity index is 1150. The van der Waals surface area contributed by atoms with Gasteiger partial charge in [-0.1, -0.05) is 74.3 Å². The first-order valence-electron chi connectivity index (χ1n) is 9.62. The van der Waals surface area contributed by atoms with Crippen LogP contribution in [0.3, 0.4) is 0 Å². The summed E-state index contributed by atoms with van der Waals surface area (Å²) in [6, 6.07) is 27.1. The van der Waals surface area contributed by atoms with Crippen molar-refractivity contribution in [3.05, 3.63) is 118 Å². The van der Waals surface area contributed by atoms with E-state index in [0.29, 0.717) is 0 Å². The van der Waals surface area contributed by atoms with Crippen LogP contribution in [-0.2, 0) is 0 Å². The van der Waals surface area contributed by atoms with Crippen LogP contribution in [-0.4, -0.2) is 15.3 Å². The summed E-state index contributed by atoms with van der Waals surface area (Å²) in [5, 5.41) is 7.28. The molecule has 0 bridgehead atoms. The Kier molecular flexibility index (Phi) is 5.27. The highest BCUT2D eigenvalue weighted by Crippen LogP contribution is 2.43. The van der Waals surface area contributed by atoms with E-state index in [-0.39, 0.29) is 12.1 Å². The maximum absolute atomic E-state index is 5.15. The van der Waals surface area contributed by atoms with Crippen LogP contribution in [0.1, 0.15) is 23.2 Å². The third kappa shape index (κ3) is 3.61. The van der Waals surface area contributed by atoms with Crippen molar-refractivity contribution >= 4 is 43.3 Å².